The van der Waals surface area contributed by atoms with Crippen molar-refractivity contribution in [2.24, 2.45) is 0 Å². The van der Waals surface area contributed by atoms with Crippen LogP contribution in [0.1, 0.15) is 123 Å². The Morgan fingerprint density at radius 2 is 1.00 bits per heavy atom. The predicted molar refractivity (Wildman–Crippen MR) is 120 cm³/mol. The van der Waals surface area contributed by atoms with Crippen molar-refractivity contribution in [3.8, 4) is 0 Å². The van der Waals surface area contributed by atoms with Crippen LogP contribution in [0.2, 0.25) is 6.04 Å². The van der Waals surface area contributed by atoms with Crippen molar-refractivity contribution in [1.82, 2.24) is 0 Å². The molecule has 0 heterocycles. The molecule has 3 nitrogen and oxygen atoms in total. The Kier molecular flexibility index (Phi) is 19.5. The van der Waals surface area contributed by atoms with Crippen LogP contribution < -0.4 is 0 Å². The van der Waals surface area contributed by atoms with Gasteiger partial charge < -0.3 is 8.85 Å². The van der Waals surface area contributed by atoms with Crippen molar-refractivity contribution in [2.45, 2.75) is 135 Å². The Hall–Kier alpha value is -0.113. The predicted octanol–water partition coefficient (Wildman–Crippen LogP) is 8.80. The van der Waals surface area contributed by atoms with Crippen LogP contribution in [0.15, 0.2) is 0 Å². The molecule has 0 aliphatic rings. The maximum Gasteiger partial charge on any atom is 0.516 e. The zero-order valence-electron chi connectivity index (χ0n) is 19.8. The van der Waals surface area contributed by atoms with Gasteiger partial charge in [0.15, 0.2) is 0 Å². The van der Waals surface area contributed by atoms with E-state index in [9.17, 15) is 13.2 Å². The van der Waals surface area contributed by atoms with Gasteiger partial charge in [-0.3, -0.25) is 4.43 Å². The van der Waals surface area contributed by atoms with Crippen molar-refractivity contribution >= 4 is 8.80 Å². The first-order valence-corrected chi connectivity index (χ1v) is 14.3. The molecule has 0 spiro atoms. The maximum absolute atomic E-state index is 12.6. The van der Waals surface area contributed by atoms with E-state index in [1.807, 2.05) is 0 Å². The molecule has 0 aromatic heterocycles. The molecular weight excluding hydrogens is 409 g/mol. The smallest absolute Gasteiger partial charge is 0.377 e. The summed E-state index contributed by atoms with van der Waals surface area (Å²) in [4.78, 5) is 0. The van der Waals surface area contributed by atoms with Crippen molar-refractivity contribution in [1.29, 1.82) is 0 Å². The monoisotopic (exact) mass is 456 g/mol. The molecule has 7 heteroatoms. The highest BCUT2D eigenvalue weighted by Gasteiger charge is 2.49. The lowest BCUT2D eigenvalue weighted by atomic mass is 10.0. The van der Waals surface area contributed by atoms with E-state index in [1.165, 1.54) is 90.6 Å². The van der Waals surface area contributed by atoms with Gasteiger partial charge >= 0.3 is 15.2 Å². The molecule has 0 bridgehead atoms. The van der Waals surface area contributed by atoms with Gasteiger partial charge in [-0.05, 0) is 6.42 Å². The summed E-state index contributed by atoms with van der Waals surface area (Å²) < 4.78 is 52.7. The molecule has 0 saturated heterocycles. The fourth-order valence-corrected chi connectivity index (χ4v) is 5.85. The fraction of sp³-hybridized carbons (Fsp3) is 1.00. The summed E-state index contributed by atoms with van der Waals surface area (Å²) in [7, 11) is -2.39. The lowest BCUT2D eigenvalue weighted by molar-refractivity contribution is -0.296. The minimum atomic E-state index is -4.72. The SMILES string of the molecule is CCCCCCCCCCCCCCCCCCO[Si](CCC)(OC)OC(F)(F)F. The van der Waals surface area contributed by atoms with Crippen molar-refractivity contribution < 1.29 is 26.4 Å². The van der Waals surface area contributed by atoms with Crippen LogP contribution in [0.3, 0.4) is 0 Å². The van der Waals surface area contributed by atoms with Gasteiger partial charge in [-0.2, -0.15) is 0 Å². The van der Waals surface area contributed by atoms with Gasteiger partial charge in [-0.15, -0.1) is 13.2 Å². The van der Waals surface area contributed by atoms with Crippen LogP contribution >= 0.6 is 0 Å². The number of alkyl halides is 3. The number of rotatable bonds is 22. The Morgan fingerprint density at radius 3 is 1.33 bits per heavy atom. The first-order chi connectivity index (χ1) is 14.4. The molecule has 0 aromatic rings. The van der Waals surface area contributed by atoms with E-state index >= 15 is 0 Å². The van der Waals surface area contributed by atoms with Gasteiger partial charge in [0, 0.05) is 19.8 Å². The maximum atomic E-state index is 12.6. The molecule has 0 radical (unpaired) electrons. The summed E-state index contributed by atoms with van der Waals surface area (Å²) in [5, 5.41) is 0. The molecule has 1 atom stereocenters. The van der Waals surface area contributed by atoms with E-state index in [2.05, 4.69) is 11.3 Å². The average Bonchev–Trinajstić information content (AvgIpc) is 2.69. The van der Waals surface area contributed by atoms with E-state index < -0.39 is 15.2 Å². The Labute approximate surface area is 184 Å². The zero-order valence-corrected chi connectivity index (χ0v) is 20.8. The zero-order chi connectivity index (χ0) is 22.6. The molecule has 0 amide bonds. The Morgan fingerprint density at radius 1 is 0.600 bits per heavy atom. The second-order valence-electron chi connectivity index (χ2n) is 8.34. The topological polar surface area (TPSA) is 27.7 Å². The van der Waals surface area contributed by atoms with Gasteiger partial charge in [0.1, 0.15) is 0 Å². The highest BCUT2D eigenvalue weighted by molar-refractivity contribution is 6.60. The first kappa shape index (κ1) is 29.9. The third kappa shape index (κ3) is 18.6. The van der Waals surface area contributed by atoms with Crippen molar-refractivity contribution in [2.75, 3.05) is 13.7 Å². The lowest BCUT2D eigenvalue weighted by Gasteiger charge is -2.28. The van der Waals surface area contributed by atoms with Gasteiger partial charge in [-0.25, -0.2) is 0 Å². The first-order valence-electron chi connectivity index (χ1n) is 12.3. The van der Waals surface area contributed by atoms with E-state index in [-0.39, 0.29) is 12.7 Å². The van der Waals surface area contributed by atoms with Crippen molar-refractivity contribution in [3.05, 3.63) is 0 Å². The quantitative estimate of drug-likeness (QED) is 0.120. The second kappa shape index (κ2) is 19.6. The van der Waals surface area contributed by atoms with Crippen LogP contribution in [0, 0.1) is 0 Å². The minimum absolute atomic E-state index is 0.182. The van der Waals surface area contributed by atoms with Crippen LogP contribution in [-0.2, 0) is 13.3 Å². The Bertz CT molecular complexity index is 370. The van der Waals surface area contributed by atoms with Crippen LogP contribution in [-0.4, -0.2) is 28.9 Å². The normalized spacial score (nSPS) is 14.2. The summed E-state index contributed by atoms with van der Waals surface area (Å²) in [6.07, 6.45) is 16.1. The number of hydrogen-bond donors (Lipinski definition) is 0. The molecule has 0 rings (SSSR count). The fourth-order valence-electron chi connectivity index (χ4n) is 3.72. The van der Waals surface area contributed by atoms with Gasteiger partial charge in [0.25, 0.3) is 0 Å². The summed E-state index contributed by atoms with van der Waals surface area (Å²) in [5.74, 6) is 0. The van der Waals surface area contributed by atoms with Crippen LogP contribution in [0.4, 0.5) is 13.2 Å². The standard InChI is InChI=1S/C23H47F3O3Si/c1-4-6-7-8-9-10-11-12-13-14-15-16-17-18-19-20-21-28-30(27-3,22-5-2)29-23(24,25)26/h4-22H2,1-3H3. The molecule has 30 heavy (non-hydrogen) atoms. The van der Waals surface area contributed by atoms with E-state index in [0.717, 1.165) is 19.3 Å². The van der Waals surface area contributed by atoms with E-state index in [1.54, 1.807) is 6.92 Å². The summed E-state index contributed by atoms with van der Waals surface area (Å²) in [6, 6.07) is 0.182. The molecule has 0 aliphatic heterocycles. The molecule has 0 aromatic carbocycles. The molecule has 0 saturated carbocycles. The molecule has 0 aliphatic carbocycles. The lowest BCUT2D eigenvalue weighted by Crippen LogP contribution is -2.48. The number of hydrogen-bond acceptors (Lipinski definition) is 3. The molecule has 0 N–H and O–H groups in total. The highest BCUT2D eigenvalue weighted by atomic mass is 28.4. The van der Waals surface area contributed by atoms with Gasteiger partial charge in [0.05, 0.1) is 0 Å². The number of unbranched alkanes of at least 4 members (excludes halogenated alkanes) is 15. The third-order valence-electron chi connectivity index (χ3n) is 5.46. The van der Waals surface area contributed by atoms with Crippen LogP contribution in [0.5, 0.6) is 0 Å². The average molecular weight is 457 g/mol. The minimum Gasteiger partial charge on any atom is -0.377 e. The van der Waals surface area contributed by atoms with E-state index in [0.29, 0.717) is 6.42 Å². The highest BCUT2D eigenvalue weighted by Crippen LogP contribution is 2.28. The molecule has 182 valence electrons. The largest absolute Gasteiger partial charge is 0.516 e. The summed E-state index contributed by atoms with van der Waals surface area (Å²) in [5.41, 5.74) is 0. The molecular formula is C23H47F3O3Si. The Balaban J connectivity index is 3.54. The number of halogens is 3. The molecule has 0 fully saturated rings. The molecule has 1 unspecified atom stereocenters. The van der Waals surface area contributed by atoms with E-state index in [4.69, 9.17) is 8.85 Å². The second-order valence-corrected chi connectivity index (χ2v) is 11.1. The van der Waals surface area contributed by atoms with Crippen LogP contribution in [0.25, 0.3) is 0 Å². The van der Waals surface area contributed by atoms with Gasteiger partial charge in [-0.1, -0.05) is 117 Å². The van der Waals surface area contributed by atoms with Crippen molar-refractivity contribution in [3.63, 3.8) is 0 Å². The third-order valence-corrected chi connectivity index (χ3v) is 8.38. The summed E-state index contributed by atoms with van der Waals surface area (Å²) in [6.45, 7) is 4.33. The van der Waals surface area contributed by atoms with Gasteiger partial charge in [0.2, 0.25) is 0 Å². The summed E-state index contributed by atoms with van der Waals surface area (Å²) >= 11 is 0.